The lowest BCUT2D eigenvalue weighted by atomic mass is 10.1. The van der Waals surface area contributed by atoms with Crippen LogP contribution in [0.15, 0.2) is 30.6 Å². The van der Waals surface area contributed by atoms with E-state index in [2.05, 4.69) is 9.97 Å². The maximum Gasteiger partial charge on any atom is 0.256 e. The van der Waals surface area contributed by atoms with E-state index in [4.69, 9.17) is 11.6 Å². The normalized spacial score (nSPS) is 19.6. The summed E-state index contributed by atoms with van der Waals surface area (Å²) < 4.78 is 0. The van der Waals surface area contributed by atoms with Gasteiger partial charge in [-0.15, -0.1) is 11.6 Å². The van der Waals surface area contributed by atoms with Crippen LogP contribution in [0.3, 0.4) is 0 Å². The summed E-state index contributed by atoms with van der Waals surface area (Å²) in [4.78, 5) is 22.9. The van der Waals surface area contributed by atoms with Crippen LogP contribution in [0.25, 0.3) is 11.0 Å². The lowest BCUT2D eigenvalue weighted by Crippen LogP contribution is -2.40. The van der Waals surface area contributed by atoms with Crippen LogP contribution in [0.1, 0.15) is 23.2 Å². The summed E-state index contributed by atoms with van der Waals surface area (Å²) in [6, 6.07) is 5.50. The molecule has 19 heavy (non-hydrogen) atoms. The predicted octanol–water partition coefficient (Wildman–Crippen LogP) is 2.47. The minimum Gasteiger partial charge on any atom is -0.337 e. The fourth-order valence-electron chi connectivity index (χ4n) is 2.45. The number of hydrogen-bond acceptors (Lipinski definition) is 3. The molecule has 1 unspecified atom stereocenters. The van der Waals surface area contributed by atoms with Gasteiger partial charge in [0.2, 0.25) is 0 Å². The van der Waals surface area contributed by atoms with Gasteiger partial charge in [-0.3, -0.25) is 14.8 Å². The standard InChI is InChI=1S/C14H14ClN3O/c15-10-3-2-8-18(9-10)14(19)11-4-1-5-12-13(11)17-7-6-16-12/h1,4-7,10H,2-3,8-9H2. The number of benzene rings is 1. The maximum atomic E-state index is 12.6. The fraction of sp³-hybridized carbons (Fsp3) is 0.357. The summed E-state index contributed by atoms with van der Waals surface area (Å²) in [5.41, 5.74) is 2.01. The molecule has 0 spiro atoms. The molecule has 1 aromatic heterocycles. The highest BCUT2D eigenvalue weighted by molar-refractivity contribution is 6.21. The molecule has 1 saturated heterocycles. The zero-order valence-corrected chi connectivity index (χ0v) is 11.2. The van der Waals surface area contributed by atoms with E-state index in [0.29, 0.717) is 17.6 Å². The Bertz CT molecular complexity index is 611. The Labute approximate surface area is 116 Å². The smallest absolute Gasteiger partial charge is 0.256 e. The van der Waals surface area contributed by atoms with Crippen LogP contribution >= 0.6 is 11.6 Å². The Morgan fingerprint density at radius 2 is 2.16 bits per heavy atom. The van der Waals surface area contributed by atoms with Gasteiger partial charge in [0.25, 0.3) is 5.91 Å². The monoisotopic (exact) mass is 275 g/mol. The minimum absolute atomic E-state index is 0.00329. The number of aromatic nitrogens is 2. The van der Waals surface area contributed by atoms with Gasteiger partial charge in [-0.1, -0.05) is 6.07 Å². The first-order valence-corrected chi connectivity index (χ1v) is 6.82. The van der Waals surface area contributed by atoms with Gasteiger partial charge in [0.15, 0.2) is 0 Å². The van der Waals surface area contributed by atoms with Crippen LogP contribution in [0.4, 0.5) is 0 Å². The van der Waals surface area contributed by atoms with Crippen molar-refractivity contribution in [3.05, 3.63) is 36.2 Å². The summed E-state index contributed by atoms with van der Waals surface area (Å²) in [5, 5.41) is 0.0544. The molecule has 3 rings (SSSR count). The molecule has 1 amide bonds. The van der Waals surface area contributed by atoms with E-state index in [-0.39, 0.29) is 11.3 Å². The lowest BCUT2D eigenvalue weighted by molar-refractivity contribution is 0.0729. The van der Waals surface area contributed by atoms with Crippen molar-refractivity contribution < 1.29 is 4.79 Å². The molecule has 2 heterocycles. The fourth-order valence-corrected chi connectivity index (χ4v) is 2.77. The number of nitrogens with zero attached hydrogens (tertiary/aromatic N) is 3. The molecule has 0 radical (unpaired) electrons. The number of carbonyl (C=O) groups is 1. The second-order valence-electron chi connectivity index (χ2n) is 4.72. The van der Waals surface area contributed by atoms with Crippen molar-refractivity contribution in [2.75, 3.05) is 13.1 Å². The van der Waals surface area contributed by atoms with E-state index >= 15 is 0 Å². The SMILES string of the molecule is O=C(c1cccc2nccnc12)N1CCCC(Cl)C1. The molecule has 1 aromatic carbocycles. The Balaban J connectivity index is 1.97. The molecule has 1 atom stereocenters. The second kappa shape index (κ2) is 5.13. The quantitative estimate of drug-likeness (QED) is 0.751. The molecule has 0 bridgehead atoms. The molecular weight excluding hydrogens is 262 g/mol. The van der Waals surface area contributed by atoms with Crippen LogP contribution in [0, 0.1) is 0 Å². The van der Waals surface area contributed by atoms with Crippen molar-refractivity contribution in [1.29, 1.82) is 0 Å². The third-order valence-corrected chi connectivity index (χ3v) is 3.74. The molecule has 98 valence electrons. The summed E-state index contributed by atoms with van der Waals surface area (Å²) >= 11 is 6.14. The second-order valence-corrected chi connectivity index (χ2v) is 5.34. The molecule has 1 fully saturated rings. The van der Waals surface area contributed by atoms with E-state index in [1.807, 2.05) is 17.0 Å². The first-order chi connectivity index (χ1) is 9.25. The Morgan fingerprint density at radius 3 is 3.00 bits per heavy atom. The van der Waals surface area contributed by atoms with E-state index in [1.165, 1.54) is 0 Å². The number of rotatable bonds is 1. The van der Waals surface area contributed by atoms with Gasteiger partial charge in [0, 0.05) is 25.5 Å². The number of para-hydroxylation sites is 1. The van der Waals surface area contributed by atoms with E-state index in [9.17, 15) is 4.79 Å². The predicted molar refractivity (Wildman–Crippen MR) is 74.3 cm³/mol. The molecule has 5 heteroatoms. The van der Waals surface area contributed by atoms with Gasteiger partial charge in [-0.05, 0) is 25.0 Å². The minimum atomic E-state index is -0.00329. The number of fused-ring (bicyclic) bond motifs is 1. The highest BCUT2D eigenvalue weighted by atomic mass is 35.5. The average molecular weight is 276 g/mol. The van der Waals surface area contributed by atoms with Crippen molar-refractivity contribution in [1.82, 2.24) is 14.9 Å². The number of hydrogen-bond donors (Lipinski definition) is 0. The molecule has 1 aliphatic heterocycles. The van der Waals surface area contributed by atoms with Crippen LogP contribution in [-0.2, 0) is 0 Å². The molecule has 0 aliphatic carbocycles. The summed E-state index contributed by atoms with van der Waals surface area (Å²) in [6.45, 7) is 1.37. The van der Waals surface area contributed by atoms with Gasteiger partial charge in [-0.25, -0.2) is 0 Å². The van der Waals surface area contributed by atoms with Gasteiger partial charge in [0.1, 0.15) is 5.52 Å². The van der Waals surface area contributed by atoms with Gasteiger partial charge in [0.05, 0.1) is 16.5 Å². The molecule has 0 saturated carbocycles. The van der Waals surface area contributed by atoms with Gasteiger partial charge < -0.3 is 4.90 Å². The summed E-state index contributed by atoms with van der Waals surface area (Å²) in [7, 11) is 0. The number of carbonyl (C=O) groups excluding carboxylic acids is 1. The highest BCUT2D eigenvalue weighted by Gasteiger charge is 2.24. The molecule has 2 aromatic rings. The topological polar surface area (TPSA) is 46.1 Å². The van der Waals surface area contributed by atoms with E-state index in [1.54, 1.807) is 18.5 Å². The first kappa shape index (κ1) is 12.4. The number of piperidine rings is 1. The largest absolute Gasteiger partial charge is 0.337 e. The number of halogens is 1. The Morgan fingerprint density at radius 1 is 1.32 bits per heavy atom. The van der Waals surface area contributed by atoms with Crippen LogP contribution in [0.2, 0.25) is 0 Å². The molecule has 0 N–H and O–H groups in total. The summed E-state index contributed by atoms with van der Waals surface area (Å²) in [5.74, 6) is -0.00329. The third kappa shape index (κ3) is 2.40. The Hall–Kier alpha value is -1.68. The van der Waals surface area contributed by atoms with Crippen LogP contribution < -0.4 is 0 Å². The lowest BCUT2D eigenvalue weighted by Gasteiger charge is -2.30. The van der Waals surface area contributed by atoms with Crippen molar-refractivity contribution in [2.24, 2.45) is 0 Å². The number of alkyl halides is 1. The zero-order valence-electron chi connectivity index (χ0n) is 10.4. The molecular formula is C14H14ClN3O. The average Bonchev–Trinajstić information content (AvgIpc) is 2.46. The molecule has 1 aliphatic rings. The molecule has 4 nitrogen and oxygen atoms in total. The maximum absolute atomic E-state index is 12.6. The van der Waals surface area contributed by atoms with E-state index in [0.717, 1.165) is 24.9 Å². The summed E-state index contributed by atoms with van der Waals surface area (Å²) in [6.07, 6.45) is 5.17. The van der Waals surface area contributed by atoms with Crippen molar-refractivity contribution >= 4 is 28.5 Å². The van der Waals surface area contributed by atoms with Crippen molar-refractivity contribution in [3.63, 3.8) is 0 Å². The van der Waals surface area contributed by atoms with Gasteiger partial charge in [-0.2, -0.15) is 0 Å². The van der Waals surface area contributed by atoms with Crippen molar-refractivity contribution in [2.45, 2.75) is 18.2 Å². The first-order valence-electron chi connectivity index (χ1n) is 6.39. The number of likely N-dealkylation sites (tertiary alicyclic amines) is 1. The van der Waals surface area contributed by atoms with E-state index < -0.39 is 0 Å². The van der Waals surface area contributed by atoms with Crippen LogP contribution in [0.5, 0.6) is 0 Å². The van der Waals surface area contributed by atoms with Gasteiger partial charge >= 0.3 is 0 Å². The third-order valence-electron chi connectivity index (χ3n) is 3.38. The number of amides is 1. The zero-order chi connectivity index (χ0) is 13.2. The van der Waals surface area contributed by atoms with Crippen LogP contribution in [-0.4, -0.2) is 39.2 Å². The highest BCUT2D eigenvalue weighted by Crippen LogP contribution is 2.20. The Kier molecular flexibility index (Phi) is 3.34. The van der Waals surface area contributed by atoms with Crippen molar-refractivity contribution in [3.8, 4) is 0 Å².